The molecule has 0 amide bonds. The SMILES string of the molecule is C=C.CC(C)CC(C)N.CCCC(CC)Oc1ccc(Cl)cc1. The molecule has 3 heteroatoms. The molecule has 0 bridgehead atoms. The number of benzene rings is 1. The third-order valence-electron chi connectivity index (χ3n) is 3.03. The monoisotopic (exact) mass is 341 g/mol. The van der Waals surface area contributed by atoms with Crippen LogP contribution in [-0.2, 0) is 0 Å². The van der Waals surface area contributed by atoms with Crippen molar-refractivity contribution in [2.45, 2.75) is 72.4 Å². The van der Waals surface area contributed by atoms with Crippen molar-refractivity contribution in [3.05, 3.63) is 42.4 Å². The molecule has 2 N–H and O–H groups in total. The van der Waals surface area contributed by atoms with Gasteiger partial charge in [-0.15, -0.1) is 13.2 Å². The van der Waals surface area contributed by atoms with Crippen LogP contribution in [0.15, 0.2) is 37.4 Å². The molecule has 2 unspecified atom stereocenters. The molecule has 0 aromatic heterocycles. The Morgan fingerprint density at radius 3 is 1.91 bits per heavy atom. The van der Waals surface area contributed by atoms with E-state index >= 15 is 0 Å². The summed E-state index contributed by atoms with van der Waals surface area (Å²) in [6, 6.07) is 7.92. The van der Waals surface area contributed by atoms with Gasteiger partial charge in [0, 0.05) is 11.1 Å². The molecule has 1 rings (SSSR count). The van der Waals surface area contributed by atoms with Gasteiger partial charge >= 0.3 is 0 Å². The first-order valence-corrected chi connectivity index (χ1v) is 8.94. The summed E-state index contributed by atoms with van der Waals surface area (Å²) < 4.78 is 5.80. The van der Waals surface area contributed by atoms with Crippen LogP contribution in [-0.4, -0.2) is 12.1 Å². The van der Waals surface area contributed by atoms with Crippen LogP contribution < -0.4 is 10.5 Å². The largest absolute Gasteiger partial charge is 0.490 e. The number of hydrogen-bond donors (Lipinski definition) is 1. The molecule has 2 nitrogen and oxygen atoms in total. The fourth-order valence-corrected chi connectivity index (χ4v) is 2.24. The van der Waals surface area contributed by atoms with Gasteiger partial charge in [-0.05, 0) is 56.4 Å². The van der Waals surface area contributed by atoms with Gasteiger partial charge in [0.2, 0.25) is 0 Å². The highest BCUT2D eigenvalue weighted by atomic mass is 35.5. The third kappa shape index (κ3) is 15.7. The number of ether oxygens (including phenoxy) is 1. The molecule has 0 saturated heterocycles. The second-order valence-electron chi connectivity index (χ2n) is 6.00. The van der Waals surface area contributed by atoms with Gasteiger partial charge in [0.1, 0.15) is 5.75 Å². The van der Waals surface area contributed by atoms with Gasteiger partial charge in [0.25, 0.3) is 0 Å². The first kappa shape index (κ1) is 24.3. The fraction of sp³-hybridized carbons (Fsp3) is 0.600. The lowest BCUT2D eigenvalue weighted by Crippen LogP contribution is -2.16. The average Bonchev–Trinajstić information content (AvgIpc) is 2.50. The summed E-state index contributed by atoms with van der Waals surface area (Å²) >= 11 is 5.79. The molecule has 0 saturated carbocycles. The van der Waals surface area contributed by atoms with E-state index in [0.717, 1.165) is 42.4 Å². The maximum Gasteiger partial charge on any atom is 0.119 e. The highest BCUT2D eigenvalue weighted by Crippen LogP contribution is 2.19. The van der Waals surface area contributed by atoms with Crippen molar-refractivity contribution < 1.29 is 4.74 Å². The van der Waals surface area contributed by atoms with E-state index in [4.69, 9.17) is 22.1 Å². The summed E-state index contributed by atoms with van der Waals surface area (Å²) in [7, 11) is 0. The summed E-state index contributed by atoms with van der Waals surface area (Å²) in [4.78, 5) is 0. The number of rotatable bonds is 7. The van der Waals surface area contributed by atoms with Crippen molar-refractivity contribution >= 4 is 11.6 Å². The minimum absolute atomic E-state index is 0.334. The normalized spacial score (nSPS) is 12.3. The highest BCUT2D eigenvalue weighted by Gasteiger charge is 2.06. The lowest BCUT2D eigenvalue weighted by atomic mass is 10.1. The Hall–Kier alpha value is -0.990. The van der Waals surface area contributed by atoms with Crippen LogP contribution >= 0.6 is 11.6 Å². The standard InChI is InChI=1S/C12H17ClO.C6H15N.C2H4/c1-3-5-11(4-2)14-12-8-6-10(13)7-9-12;1-5(2)4-6(3)7;1-2/h6-9,11H,3-5H2,1-2H3;5-6H,4,7H2,1-3H3;1-2H2. The Morgan fingerprint density at radius 1 is 1.09 bits per heavy atom. The van der Waals surface area contributed by atoms with Crippen molar-refractivity contribution in [2.75, 3.05) is 0 Å². The number of halogens is 1. The molecule has 1 aromatic rings. The van der Waals surface area contributed by atoms with Gasteiger partial charge < -0.3 is 10.5 Å². The van der Waals surface area contributed by atoms with Crippen molar-refractivity contribution in [2.24, 2.45) is 11.7 Å². The van der Waals surface area contributed by atoms with Crippen LogP contribution in [0.1, 0.15) is 60.3 Å². The van der Waals surface area contributed by atoms with E-state index in [9.17, 15) is 0 Å². The molecule has 0 aliphatic carbocycles. The maximum absolute atomic E-state index is 5.80. The maximum atomic E-state index is 5.80. The van der Waals surface area contributed by atoms with E-state index in [1.165, 1.54) is 0 Å². The second-order valence-corrected chi connectivity index (χ2v) is 6.43. The Labute approximate surface area is 149 Å². The number of nitrogens with two attached hydrogens (primary N) is 1. The molecule has 0 spiro atoms. The quantitative estimate of drug-likeness (QED) is 0.576. The zero-order valence-electron chi connectivity index (χ0n) is 15.6. The van der Waals surface area contributed by atoms with Crippen LogP contribution in [0.2, 0.25) is 5.02 Å². The summed E-state index contributed by atoms with van der Waals surface area (Å²) in [6.45, 7) is 16.7. The molecular weight excluding hydrogens is 306 g/mol. The minimum atomic E-state index is 0.334. The Kier molecular flexibility index (Phi) is 16.8. The smallest absolute Gasteiger partial charge is 0.119 e. The van der Waals surface area contributed by atoms with E-state index in [1.807, 2.05) is 31.2 Å². The molecule has 1 aromatic carbocycles. The van der Waals surface area contributed by atoms with Gasteiger partial charge in [-0.25, -0.2) is 0 Å². The van der Waals surface area contributed by atoms with E-state index in [-0.39, 0.29) is 0 Å². The molecule has 0 aliphatic rings. The molecule has 2 atom stereocenters. The first-order valence-electron chi connectivity index (χ1n) is 8.56. The van der Waals surface area contributed by atoms with Gasteiger partial charge in [0.05, 0.1) is 6.10 Å². The molecule has 0 aliphatic heterocycles. The molecule has 0 heterocycles. The zero-order chi connectivity index (χ0) is 18.3. The van der Waals surface area contributed by atoms with Crippen LogP contribution in [0, 0.1) is 5.92 Å². The van der Waals surface area contributed by atoms with Crippen LogP contribution in [0.5, 0.6) is 5.75 Å². The Bertz CT molecular complexity index is 356. The van der Waals surface area contributed by atoms with Gasteiger partial charge in [-0.1, -0.05) is 45.7 Å². The summed E-state index contributed by atoms with van der Waals surface area (Å²) in [5.74, 6) is 1.66. The van der Waals surface area contributed by atoms with Crippen LogP contribution in [0.25, 0.3) is 0 Å². The van der Waals surface area contributed by atoms with E-state index < -0.39 is 0 Å². The number of hydrogen-bond acceptors (Lipinski definition) is 2. The molecule has 23 heavy (non-hydrogen) atoms. The molecule has 134 valence electrons. The topological polar surface area (TPSA) is 35.2 Å². The van der Waals surface area contributed by atoms with Crippen molar-refractivity contribution in [1.82, 2.24) is 0 Å². The van der Waals surface area contributed by atoms with Gasteiger partial charge in [0.15, 0.2) is 0 Å². The molecule has 0 radical (unpaired) electrons. The lowest BCUT2D eigenvalue weighted by Gasteiger charge is -2.16. The van der Waals surface area contributed by atoms with Crippen LogP contribution in [0.3, 0.4) is 0 Å². The van der Waals surface area contributed by atoms with E-state index in [1.54, 1.807) is 0 Å². The predicted octanol–water partition coefficient (Wildman–Crippen LogP) is 6.48. The third-order valence-corrected chi connectivity index (χ3v) is 3.28. The van der Waals surface area contributed by atoms with Crippen molar-refractivity contribution in [3.8, 4) is 5.75 Å². The summed E-state index contributed by atoms with van der Waals surface area (Å²) in [6.07, 6.45) is 4.79. The lowest BCUT2D eigenvalue weighted by molar-refractivity contribution is 0.186. The molecule has 0 fully saturated rings. The Balaban J connectivity index is 0. The van der Waals surface area contributed by atoms with Gasteiger partial charge in [-0.2, -0.15) is 0 Å². The van der Waals surface area contributed by atoms with Crippen molar-refractivity contribution in [1.29, 1.82) is 0 Å². The molecular formula is C20H36ClNO. The summed E-state index contributed by atoms with van der Waals surface area (Å²) in [5.41, 5.74) is 5.49. The minimum Gasteiger partial charge on any atom is -0.490 e. The Morgan fingerprint density at radius 2 is 1.61 bits per heavy atom. The zero-order valence-corrected chi connectivity index (χ0v) is 16.4. The van der Waals surface area contributed by atoms with E-state index in [0.29, 0.717) is 12.1 Å². The van der Waals surface area contributed by atoms with E-state index in [2.05, 4.69) is 40.9 Å². The fourth-order valence-electron chi connectivity index (χ4n) is 2.12. The van der Waals surface area contributed by atoms with Gasteiger partial charge in [-0.3, -0.25) is 0 Å². The average molecular weight is 342 g/mol. The van der Waals surface area contributed by atoms with Crippen molar-refractivity contribution in [3.63, 3.8) is 0 Å². The second kappa shape index (κ2) is 15.9. The van der Waals surface area contributed by atoms with Crippen LogP contribution in [0.4, 0.5) is 0 Å². The first-order chi connectivity index (χ1) is 10.9. The predicted molar refractivity (Wildman–Crippen MR) is 105 cm³/mol. The summed E-state index contributed by atoms with van der Waals surface area (Å²) in [5, 5.41) is 0.751. The highest BCUT2D eigenvalue weighted by molar-refractivity contribution is 6.30.